The summed E-state index contributed by atoms with van der Waals surface area (Å²) < 4.78 is 0. The van der Waals surface area contributed by atoms with Crippen molar-refractivity contribution in [2.24, 2.45) is 23.7 Å². The molecule has 4 nitrogen and oxygen atoms in total. The molecule has 0 spiro atoms. The Labute approximate surface area is 127 Å². The smallest absolute Gasteiger partial charge is 0.306 e. The highest BCUT2D eigenvalue weighted by Gasteiger charge is 2.42. The van der Waals surface area contributed by atoms with Crippen molar-refractivity contribution in [3.8, 4) is 0 Å². The molecule has 3 aliphatic carbocycles. The molecule has 0 aliphatic heterocycles. The van der Waals surface area contributed by atoms with Gasteiger partial charge in [0.15, 0.2) is 0 Å². The van der Waals surface area contributed by atoms with E-state index in [1.807, 2.05) is 0 Å². The number of carboxylic acid groups (broad SMARTS) is 1. The second-order valence-electron chi connectivity index (χ2n) is 7.85. The van der Waals surface area contributed by atoms with Crippen LogP contribution in [0.15, 0.2) is 0 Å². The van der Waals surface area contributed by atoms with Crippen LogP contribution in [0.25, 0.3) is 0 Å². The van der Waals surface area contributed by atoms with E-state index in [2.05, 4.69) is 12.2 Å². The van der Waals surface area contributed by atoms with Gasteiger partial charge in [-0.05, 0) is 69.6 Å². The Bertz CT molecular complexity index is 389. The van der Waals surface area contributed by atoms with Gasteiger partial charge in [-0.1, -0.05) is 6.42 Å². The lowest BCUT2D eigenvalue weighted by molar-refractivity contribution is -0.144. The van der Waals surface area contributed by atoms with Gasteiger partial charge < -0.3 is 15.5 Å². The van der Waals surface area contributed by atoms with Crippen LogP contribution in [0, 0.1) is 23.7 Å². The van der Waals surface area contributed by atoms with Gasteiger partial charge in [0.25, 0.3) is 0 Å². The summed E-state index contributed by atoms with van der Waals surface area (Å²) in [5.74, 6) is 1.67. The quantitative estimate of drug-likeness (QED) is 0.728. The SMILES string of the molecule is CC(NCC1(O)CCC(C(=O)O)CC1)C1CC2CCC1C2. The summed E-state index contributed by atoms with van der Waals surface area (Å²) in [6.07, 6.45) is 8.03. The van der Waals surface area contributed by atoms with Gasteiger partial charge >= 0.3 is 5.97 Å². The first-order chi connectivity index (χ1) is 9.97. The Morgan fingerprint density at radius 1 is 1.24 bits per heavy atom. The van der Waals surface area contributed by atoms with Crippen molar-refractivity contribution in [1.29, 1.82) is 0 Å². The first kappa shape index (κ1) is 15.3. The van der Waals surface area contributed by atoms with E-state index >= 15 is 0 Å². The van der Waals surface area contributed by atoms with E-state index in [4.69, 9.17) is 5.11 Å². The third-order valence-corrected chi connectivity index (χ3v) is 6.45. The fourth-order valence-electron chi connectivity index (χ4n) is 4.99. The van der Waals surface area contributed by atoms with Gasteiger partial charge in [0, 0.05) is 12.6 Å². The number of aliphatic hydroxyl groups is 1. The van der Waals surface area contributed by atoms with Gasteiger partial charge in [0.1, 0.15) is 0 Å². The summed E-state index contributed by atoms with van der Waals surface area (Å²) in [6.45, 7) is 2.88. The van der Waals surface area contributed by atoms with Gasteiger partial charge in [-0.25, -0.2) is 0 Å². The van der Waals surface area contributed by atoms with Crippen molar-refractivity contribution in [3.63, 3.8) is 0 Å². The Balaban J connectivity index is 1.45. The van der Waals surface area contributed by atoms with Crippen LogP contribution >= 0.6 is 0 Å². The molecule has 21 heavy (non-hydrogen) atoms. The molecule has 3 fully saturated rings. The highest BCUT2D eigenvalue weighted by molar-refractivity contribution is 5.70. The summed E-state index contributed by atoms with van der Waals surface area (Å²) in [5, 5.41) is 23.2. The van der Waals surface area contributed by atoms with Crippen LogP contribution in [0.3, 0.4) is 0 Å². The van der Waals surface area contributed by atoms with E-state index in [0.29, 0.717) is 38.3 Å². The van der Waals surface area contributed by atoms with E-state index in [1.165, 1.54) is 25.7 Å². The van der Waals surface area contributed by atoms with Crippen LogP contribution < -0.4 is 5.32 Å². The van der Waals surface area contributed by atoms with E-state index in [0.717, 1.165) is 17.8 Å². The molecule has 4 atom stereocenters. The number of rotatable bonds is 5. The molecular weight excluding hydrogens is 266 g/mol. The van der Waals surface area contributed by atoms with Gasteiger partial charge in [0.2, 0.25) is 0 Å². The molecule has 3 rings (SSSR count). The zero-order valence-electron chi connectivity index (χ0n) is 13.1. The minimum absolute atomic E-state index is 0.256. The third-order valence-electron chi connectivity index (χ3n) is 6.45. The number of fused-ring (bicyclic) bond motifs is 2. The third kappa shape index (κ3) is 3.26. The highest BCUT2D eigenvalue weighted by atomic mass is 16.4. The maximum Gasteiger partial charge on any atom is 0.306 e. The maximum atomic E-state index is 11.0. The number of hydrogen-bond acceptors (Lipinski definition) is 3. The van der Waals surface area contributed by atoms with Crippen molar-refractivity contribution in [2.45, 2.75) is 69.9 Å². The molecule has 3 aliphatic rings. The van der Waals surface area contributed by atoms with Crippen molar-refractivity contribution in [1.82, 2.24) is 5.32 Å². The topological polar surface area (TPSA) is 69.6 Å². The van der Waals surface area contributed by atoms with Gasteiger partial charge in [-0.15, -0.1) is 0 Å². The summed E-state index contributed by atoms with van der Waals surface area (Å²) in [4.78, 5) is 11.0. The monoisotopic (exact) mass is 295 g/mol. The minimum atomic E-state index is -0.708. The second-order valence-corrected chi connectivity index (χ2v) is 7.85. The van der Waals surface area contributed by atoms with Crippen molar-refractivity contribution in [3.05, 3.63) is 0 Å². The zero-order valence-corrected chi connectivity index (χ0v) is 13.1. The van der Waals surface area contributed by atoms with E-state index < -0.39 is 11.6 Å². The molecule has 0 amide bonds. The highest BCUT2D eigenvalue weighted by Crippen LogP contribution is 2.49. The first-order valence-electron chi connectivity index (χ1n) is 8.65. The lowest BCUT2D eigenvalue weighted by atomic mass is 9.78. The number of nitrogens with one attached hydrogen (secondary N) is 1. The van der Waals surface area contributed by atoms with Gasteiger partial charge in [-0.2, -0.15) is 0 Å². The van der Waals surface area contributed by atoms with Crippen LogP contribution in [0.1, 0.15) is 58.3 Å². The van der Waals surface area contributed by atoms with Crippen LogP contribution in [0.2, 0.25) is 0 Å². The van der Waals surface area contributed by atoms with E-state index in [-0.39, 0.29) is 5.92 Å². The molecule has 4 heteroatoms. The molecule has 2 bridgehead atoms. The standard InChI is InChI=1S/C17H29NO3/c1-11(15-9-12-2-3-14(15)8-12)18-10-17(21)6-4-13(5-7-17)16(19)20/h11-15,18,21H,2-10H2,1H3,(H,19,20). The molecule has 0 heterocycles. The molecule has 0 aromatic rings. The van der Waals surface area contributed by atoms with Crippen molar-refractivity contribution in [2.75, 3.05) is 6.54 Å². The number of carbonyl (C=O) groups is 1. The molecular formula is C17H29NO3. The van der Waals surface area contributed by atoms with Gasteiger partial charge in [0.05, 0.1) is 11.5 Å². The molecule has 120 valence electrons. The largest absolute Gasteiger partial charge is 0.481 e. The lowest BCUT2D eigenvalue weighted by Gasteiger charge is -2.37. The van der Waals surface area contributed by atoms with Crippen molar-refractivity contribution >= 4 is 5.97 Å². The van der Waals surface area contributed by atoms with Crippen LogP contribution in [-0.2, 0) is 4.79 Å². The Hall–Kier alpha value is -0.610. The van der Waals surface area contributed by atoms with E-state index in [1.54, 1.807) is 0 Å². The van der Waals surface area contributed by atoms with Crippen LogP contribution in [-0.4, -0.2) is 34.4 Å². The molecule has 3 N–H and O–H groups in total. The van der Waals surface area contributed by atoms with Crippen LogP contribution in [0.5, 0.6) is 0 Å². The van der Waals surface area contributed by atoms with Crippen LogP contribution in [0.4, 0.5) is 0 Å². The summed E-state index contributed by atoms with van der Waals surface area (Å²) >= 11 is 0. The molecule has 0 aromatic carbocycles. The summed E-state index contributed by atoms with van der Waals surface area (Å²) in [7, 11) is 0. The average Bonchev–Trinajstić information content (AvgIpc) is 3.08. The van der Waals surface area contributed by atoms with Gasteiger partial charge in [-0.3, -0.25) is 4.79 Å². The average molecular weight is 295 g/mol. The second kappa shape index (κ2) is 5.88. The molecule has 0 saturated heterocycles. The summed E-state index contributed by atoms with van der Waals surface area (Å²) in [5.41, 5.74) is -0.697. The van der Waals surface area contributed by atoms with E-state index in [9.17, 15) is 9.90 Å². The maximum absolute atomic E-state index is 11.0. The Morgan fingerprint density at radius 2 is 1.95 bits per heavy atom. The first-order valence-corrected chi connectivity index (χ1v) is 8.65. The Morgan fingerprint density at radius 3 is 2.48 bits per heavy atom. The fourth-order valence-corrected chi connectivity index (χ4v) is 4.99. The zero-order chi connectivity index (χ0) is 15.0. The number of carboxylic acids is 1. The lowest BCUT2D eigenvalue weighted by Crippen LogP contribution is -2.48. The van der Waals surface area contributed by atoms with Crippen molar-refractivity contribution < 1.29 is 15.0 Å². The predicted octanol–water partition coefficient (Wildman–Crippen LogP) is 2.41. The predicted molar refractivity (Wildman–Crippen MR) is 80.9 cm³/mol. The number of hydrogen-bond donors (Lipinski definition) is 3. The molecule has 0 aromatic heterocycles. The normalized spacial score (nSPS) is 43.9. The summed E-state index contributed by atoms with van der Waals surface area (Å²) in [6, 6.07) is 0.474. The molecule has 4 unspecified atom stereocenters. The fraction of sp³-hybridized carbons (Fsp3) is 0.941. The molecule has 3 saturated carbocycles. The Kier molecular flexibility index (Phi) is 4.28. The number of aliphatic carboxylic acids is 1. The minimum Gasteiger partial charge on any atom is -0.481 e. The molecule has 0 radical (unpaired) electrons.